The molecule has 0 unspecified atom stereocenters. The maximum absolute atomic E-state index is 13.3. The van der Waals surface area contributed by atoms with Crippen LogP contribution in [0.4, 0.5) is 5.69 Å². The Morgan fingerprint density at radius 3 is 2.65 bits per heavy atom. The van der Waals surface area contributed by atoms with Gasteiger partial charge >= 0.3 is 0 Å². The Kier molecular flexibility index (Phi) is 5.22. The number of rotatable bonds is 4. The zero-order chi connectivity index (χ0) is 21.5. The first kappa shape index (κ1) is 20.1. The second-order valence-electron chi connectivity index (χ2n) is 7.64. The maximum atomic E-state index is 13.3. The van der Waals surface area contributed by atoms with E-state index >= 15 is 0 Å². The maximum Gasteiger partial charge on any atom is 0.273 e. The summed E-state index contributed by atoms with van der Waals surface area (Å²) < 4.78 is 7.96. The summed E-state index contributed by atoms with van der Waals surface area (Å²) in [7, 11) is 1.62. The second kappa shape index (κ2) is 8.04. The van der Waals surface area contributed by atoms with Crippen molar-refractivity contribution in [2.24, 2.45) is 0 Å². The first-order chi connectivity index (χ1) is 15.0. The summed E-state index contributed by atoms with van der Waals surface area (Å²) in [5.74, 6) is 0.687. The van der Waals surface area contributed by atoms with E-state index in [4.69, 9.17) is 16.3 Å². The number of fused-ring (bicyclic) bond motifs is 1. The molecule has 2 aromatic carbocycles. The van der Waals surface area contributed by atoms with E-state index in [2.05, 4.69) is 4.90 Å². The number of aliphatic hydroxyl groups excluding tert-OH is 1. The minimum Gasteiger partial charge on any atom is -0.495 e. The van der Waals surface area contributed by atoms with Crippen LogP contribution in [0.3, 0.4) is 0 Å². The van der Waals surface area contributed by atoms with Gasteiger partial charge in [0, 0.05) is 40.6 Å². The average Bonchev–Trinajstić information content (AvgIpc) is 3.41. The Balaban J connectivity index is 1.55. The summed E-state index contributed by atoms with van der Waals surface area (Å²) in [5.41, 5.74) is 2.65. The monoisotopic (exact) mass is 452 g/mol. The molecule has 1 N–H and O–H groups in total. The van der Waals surface area contributed by atoms with Gasteiger partial charge in [-0.3, -0.25) is 9.36 Å². The fourth-order valence-corrected chi connectivity index (χ4v) is 5.24. The van der Waals surface area contributed by atoms with Crippen LogP contribution in [0.15, 0.2) is 65.6 Å². The summed E-state index contributed by atoms with van der Waals surface area (Å²) in [6.45, 7) is 1.37. The van der Waals surface area contributed by atoms with Crippen molar-refractivity contribution in [2.45, 2.75) is 12.5 Å². The van der Waals surface area contributed by atoms with Gasteiger partial charge in [0.2, 0.25) is 0 Å². The lowest BCUT2D eigenvalue weighted by Gasteiger charge is -2.21. The molecule has 0 saturated carbocycles. The summed E-state index contributed by atoms with van der Waals surface area (Å²) >= 11 is 7.48. The van der Waals surface area contributed by atoms with Crippen molar-refractivity contribution in [3.63, 3.8) is 0 Å². The number of aliphatic hydroxyl groups is 1. The summed E-state index contributed by atoms with van der Waals surface area (Å²) in [6, 6.07) is 17.4. The molecule has 1 atom stereocenters. The molecule has 31 heavy (non-hydrogen) atoms. The normalized spacial score (nSPS) is 16.2. The highest BCUT2D eigenvalue weighted by molar-refractivity contribution is 7.22. The molecular formula is C24H21ClN2O3S. The van der Waals surface area contributed by atoms with Crippen LogP contribution >= 0.6 is 22.9 Å². The third kappa shape index (κ3) is 3.71. The molecule has 0 radical (unpaired) electrons. The molecular weight excluding hydrogens is 432 g/mol. The predicted octanol–water partition coefficient (Wildman–Crippen LogP) is 4.95. The molecule has 3 heterocycles. The van der Waals surface area contributed by atoms with Crippen LogP contribution in [0.25, 0.3) is 26.2 Å². The first-order valence-electron chi connectivity index (χ1n) is 10.1. The van der Waals surface area contributed by atoms with Crippen molar-refractivity contribution < 1.29 is 9.84 Å². The molecule has 0 aliphatic carbocycles. The van der Waals surface area contributed by atoms with Gasteiger partial charge in [-0.15, -0.1) is 11.3 Å². The van der Waals surface area contributed by atoms with Crippen LogP contribution in [0, 0.1) is 0 Å². The van der Waals surface area contributed by atoms with Crippen LogP contribution in [0.5, 0.6) is 5.75 Å². The van der Waals surface area contributed by atoms with E-state index in [0.29, 0.717) is 22.0 Å². The van der Waals surface area contributed by atoms with Gasteiger partial charge in [0.15, 0.2) is 0 Å². The molecule has 1 aliphatic heterocycles. The second-order valence-corrected chi connectivity index (χ2v) is 9.13. The van der Waals surface area contributed by atoms with Gasteiger partial charge in [-0.1, -0.05) is 23.7 Å². The van der Waals surface area contributed by atoms with Gasteiger partial charge < -0.3 is 14.7 Å². The number of benzene rings is 2. The van der Waals surface area contributed by atoms with E-state index < -0.39 is 0 Å². The lowest BCUT2D eigenvalue weighted by Crippen LogP contribution is -2.22. The molecule has 1 saturated heterocycles. The van der Waals surface area contributed by atoms with Crippen LogP contribution in [-0.2, 0) is 0 Å². The van der Waals surface area contributed by atoms with Crippen LogP contribution in [0.2, 0.25) is 5.02 Å². The van der Waals surface area contributed by atoms with Crippen molar-refractivity contribution in [3.05, 3.63) is 76.2 Å². The van der Waals surface area contributed by atoms with Crippen molar-refractivity contribution >= 4 is 38.7 Å². The van der Waals surface area contributed by atoms with Gasteiger partial charge in [0.25, 0.3) is 5.56 Å². The number of ether oxygens (including phenoxy) is 1. The molecule has 5 rings (SSSR count). The lowest BCUT2D eigenvalue weighted by atomic mass is 10.2. The predicted molar refractivity (Wildman–Crippen MR) is 127 cm³/mol. The smallest absolute Gasteiger partial charge is 0.273 e. The van der Waals surface area contributed by atoms with Crippen molar-refractivity contribution in [1.82, 2.24) is 4.57 Å². The highest BCUT2D eigenvalue weighted by Crippen LogP contribution is 2.34. The number of pyridine rings is 1. The molecule has 158 valence electrons. The first-order valence-corrected chi connectivity index (χ1v) is 11.3. The van der Waals surface area contributed by atoms with Crippen LogP contribution < -0.4 is 15.2 Å². The lowest BCUT2D eigenvalue weighted by molar-refractivity contribution is 0.198. The highest BCUT2D eigenvalue weighted by Gasteiger charge is 2.23. The Hall–Kier alpha value is -2.80. The number of hydrogen-bond donors (Lipinski definition) is 1. The highest BCUT2D eigenvalue weighted by atomic mass is 35.5. The zero-order valence-corrected chi connectivity index (χ0v) is 18.5. The number of nitrogens with zero attached hydrogens (tertiary/aromatic N) is 2. The Morgan fingerprint density at radius 1 is 1.13 bits per heavy atom. The molecule has 0 spiro atoms. The number of thiophene rings is 1. The standard InChI is InChI=1S/C24H21ClN2O3S/c1-30-21-13-18(6-7-20(21)26-10-9-19(28)14-26)27-11-8-16-12-22(31-23(16)24(27)29)15-2-4-17(25)5-3-15/h2-8,11-13,19,28H,9-10,14H2,1H3/t19-/m1/s1. The summed E-state index contributed by atoms with van der Waals surface area (Å²) in [4.78, 5) is 16.4. The van der Waals surface area contributed by atoms with E-state index in [0.717, 1.165) is 40.2 Å². The van der Waals surface area contributed by atoms with Gasteiger partial charge in [-0.05, 0) is 48.4 Å². The summed E-state index contributed by atoms with van der Waals surface area (Å²) in [5, 5.41) is 11.5. The van der Waals surface area contributed by atoms with E-state index in [1.807, 2.05) is 54.6 Å². The van der Waals surface area contributed by atoms with E-state index in [1.54, 1.807) is 17.9 Å². The fraction of sp³-hybridized carbons (Fsp3) is 0.208. The third-order valence-corrected chi connectivity index (χ3v) is 7.09. The van der Waals surface area contributed by atoms with Crippen molar-refractivity contribution in [3.8, 4) is 21.9 Å². The SMILES string of the molecule is COc1cc(-n2ccc3cc(-c4ccc(Cl)cc4)sc3c2=O)ccc1N1CC[C@@H](O)C1. The number of hydrogen-bond acceptors (Lipinski definition) is 5. The van der Waals surface area contributed by atoms with Crippen molar-refractivity contribution in [1.29, 1.82) is 0 Å². The Morgan fingerprint density at radius 2 is 1.94 bits per heavy atom. The molecule has 1 aliphatic rings. The Labute approximate surface area is 188 Å². The number of halogens is 1. The Bertz CT molecular complexity index is 1310. The molecule has 0 bridgehead atoms. The third-order valence-electron chi connectivity index (χ3n) is 5.65. The molecule has 4 aromatic rings. The van der Waals surface area contributed by atoms with E-state index in [-0.39, 0.29) is 11.7 Å². The minimum absolute atomic E-state index is 0.0610. The average molecular weight is 453 g/mol. The molecule has 2 aromatic heterocycles. The molecule has 5 nitrogen and oxygen atoms in total. The van der Waals surface area contributed by atoms with E-state index in [9.17, 15) is 9.90 Å². The van der Waals surface area contributed by atoms with Crippen LogP contribution in [0.1, 0.15) is 6.42 Å². The number of anilines is 1. The minimum atomic E-state index is -0.317. The summed E-state index contributed by atoms with van der Waals surface area (Å²) in [6.07, 6.45) is 2.23. The molecule has 0 amide bonds. The van der Waals surface area contributed by atoms with Crippen LogP contribution in [-0.4, -0.2) is 36.0 Å². The largest absolute Gasteiger partial charge is 0.495 e. The van der Waals surface area contributed by atoms with Gasteiger partial charge in [0.1, 0.15) is 10.4 Å². The fourth-order valence-electron chi connectivity index (χ4n) is 4.03. The number of aromatic nitrogens is 1. The van der Waals surface area contributed by atoms with E-state index in [1.165, 1.54) is 11.3 Å². The van der Waals surface area contributed by atoms with Crippen molar-refractivity contribution in [2.75, 3.05) is 25.1 Å². The zero-order valence-electron chi connectivity index (χ0n) is 16.9. The number of β-amino-alcohol motifs (C(OH)–C–C–N with tert-alkyl or cyclic N) is 1. The van der Waals surface area contributed by atoms with Gasteiger partial charge in [-0.25, -0.2) is 0 Å². The topological polar surface area (TPSA) is 54.7 Å². The molecule has 1 fully saturated rings. The number of methoxy groups -OCH3 is 1. The quantitative estimate of drug-likeness (QED) is 0.476. The molecule has 7 heteroatoms. The van der Waals surface area contributed by atoms with Gasteiger partial charge in [0.05, 0.1) is 24.6 Å². The van der Waals surface area contributed by atoms with Gasteiger partial charge in [-0.2, -0.15) is 0 Å².